The standard InChI is InChI=1S/C6H12F3OPS/c1-3-4-12(7,8,9,11)5-6(2)10/h3H,1,4-5,11H2,2H3. The van der Waals surface area contributed by atoms with Gasteiger partial charge < -0.3 is 0 Å². The van der Waals surface area contributed by atoms with Gasteiger partial charge in [0.2, 0.25) is 0 Å². The third-order valence-corrected chi connectivity index (χ3v) is 4.30. The molecule has 0 aliphatic rings. The van der Waals surface area contributed by atoms with Crippen LogP contribution >= 0.6 is 17.5 Å². The molecule has 0 aromatic rings. The van der Waals surface area contributed by atoms with Crippen molar-refractivity contribution in [2.45, 2.75) is 6.92 Å². The third-order valence-electron chi connectivity index (χ3n) is 1.07. The Kier molecular flexibility index (Phi) is 2.48. The number of hydrogen-bond acceptors (Lipinski definition) is 1. The van der Waals surface area contributed by atoms with Crippen LogP contribution in [0.25, 0.3) is 0 Å². The van der Waals surface area contributed by atoms with Gasteiger partial charge in [-0.15, -0.1) is 18.2 Å². The molecule has 0 saturated carbocycles. The molecule has 1 nitrogen and oxygen atoms in total. The summed E-state index contributed by atoms with van der Waals surface area (Å²) >= 11 is 0. The largest absolute Gasteiger partial charge is 0.299 e. The number of hydrogen-bond donors (Lipinski definition) is 0. The molecule has 0 heterocycles. The molecule has 0 rings (SSSR count). The van der Waals surface area contributed by atoms with Gasteiger partial charge in [0.05, 0.1) is 20.6 Å². The maximum absolute atomic E-state index is 13.2. The fourth-order valence-corrected chi connectivity index (χ4v) is 3.62. The van der Waals surface area contributed by atoms with Crippen LogP contribution in [-0.4, -0.2) is 17.3 Å². The Morgan fingerprint density at radius 1 is 1.58 bits per heavy atom. The third kappa shape index (κ3) is 4.78. The van der Waals surface area contributed by atoms with E-state index in [-0.39, 0.29) is 0 Å². The summed E-state index contributed by atoms with van der Waals surface area (Å²) in [6.07, 6.45) is 0.789. The summed E-state index contributed by atoms with van der Waals surface area (Å²) in [5.41, 5.74) is 0. The van der Waals surface area contributed by atoms with E-state index >= 15 is 0 Å². The topological polar surface area (TPSA) is 17.1 Å². The summed E-state index contributed by atoms with van der Waals surface area (Å²) in [5.74, 6) is -3.28. The molecular weight excluding hydrogens is 208 g/mol. The van der Waals surface area contributed by atoms with Gasteiger partial charge in [0.15, 0.2) is 0 Å². The quantitative estimate of drug-likeness (QED) is 0.525. The first-order chi connectivity index (χ1) is 4.98. The predicted molar refractivity (Wildman–Crippen MR) is 51.2 cm³/mol. The van der Waals surface area contributed by atoms with E-state index in [0.29, 0.717) is 0 Å². The molecule has 0 radical (unpaired) electrons. The zero-order chi connectivity index (χ0) is 10.1. The van der Waals surface area contributed by atoms with Crippen molar-refractivity contribution in [2.75, 3.05) is 11.5 Å². The van der Waals surface area contributed by atoms with E-state index in [0.717, 1.165) is 21.4 Å². The first-order valence-electron chi connectivity index (χ1n) is 3.15. The summed E-state index contributed by atoms with van der Waals surface area (Å²) in [5, 5.41) is 0. The second kappa shape index (κ2) is 2.48. The molecule has 0 aliphatic heterocycles. The van der Waals surface area contributed by atoms with Crippen molar-refractivity contribution in [2.24, 2.45) is 0 Å². The molecule has 1 atom stereocenters. The molecule has 6 heteroatoms. The summed E-state index contributed by atoms with van der Waals surface area (Å²) in [6.45, 7) is 3.96. The van der Waals surface area contributed by atoms with Gasteiger partial charge in [-0.3, -0.25) is 4.79 Å². The number of carbonyl (C=O) groups is 1. The Hall–Kier alpha value is -0.0200. The molecule has 1 unspecified atom stereocenters. The van der Waals surface area contributed by atoms with Gasteiger partial charge in [-0.2, -0.15) is 0 Å². The molecule has 12 heavy (non-hydrogen) atoms. The van der Waals surface area contributed by atoms with Gasteiger partial charge in [0.1, 0.15) is 5.78 Å². The van der Waals surface area contributed by atoms with E-state index in [4.69, 9.17) is 0 Å². The molecule has 0 amide bonds. The van der Waals surface area contributed by atoms with E-state index in [1.165, 1.54) is 0 Å². The highest BCUT2D eigenvalue weighted by atomic mass is 32.9. The van der Waals surface area contributed by atoms with Gasteiger partial charge in [0, 0.05) is 0 Å². The zero-order valence-electron chi connectivity index (χ0n) is 6.73. The lowest BCUT2D eigenvalue weighted by molar-refractivity contribution is -0.114. The van der Waals surface area contributed by atoms with Gasteiger partial charge in [-0.25, -0.2) is 0 Å². The Balaban J connectivity index is 4.90. The normalized spacial score (nSPS) is 17.8. The highest BCUT2D eigenvalue weighted by Crippen LogP contribution is 3.00. The van der Waals surface area contributed by atoms with Crippen molar-refractivity contribution >= 4 is 23.3 Å². The number of halogens is 3. The minimum absolute atomic E-state index is 0.789. The average molecular weight is 220 g/mol. The molecule has 0 bridgehead atoms. The SMILES string of the molecule is C=CCS(F)(F)(F)(P)CC(C)=O. The summed E-state index contributed by atoms with van der Waals surface area (Å²) < 4.78 is 39.5. The van der Waals surface area contributed by atoms with Crippen LogP contribution in [-0.2, 0) is 4.79 Å². The van der Waals surface area contributed by atoms with Gasteiger partial charge in [0.25, 0.3) is 0 Å². The molecule has 0 N–H and O–H groups in total. The van der Waals surface area contributed by atoms with Gasteiger partial charge in [-0.1, -0.05) is 6.08 Å². The van der Waals surface area contributed by atoms with Gasteiger partial charge in [-0.05, 0) is 15.4 Å². The van der Waals surface area contributed by atoms with Crippen molar-refractivity contribution in [3.8, 4) is 0 Å². The fourth-order valence-electron chi connectivity index (χ4n) is 0.835. The molecule has 74 valence electrons. The minimum Gasteiger partial charge on any atom is -0.299 e. The number of Topliss-reactive ketones (excluding diaryl/α,β-unsaturated/α-hetero) is 1. The molecule has 0 saturated heterocycles. The molecule has 0 aliphatic carbocycles. The second-order valence-electron chi connectivity index (χ2n) is 2.94. The monoisotopic (exact) mass is 220 g/mol. The summed E-state index contributed by atoms with van der Waals surface area (Å²) in [7, 11) is -5.79. The van der Waals surface area contributed by atoms with Crippen molar-refractivity contribution in [1.82, 2.24) is 0 Å². The predicted octanol–water partition coefficient (Wildman–Crippen LogP) is 3.08. The lowest BCUT2D eigenvalue weighted by atomic mass is 10.5. The van der Waals surface area contributed by atoms with Crippen LogP contribution in [0.5, 0.6) is 0 Å². The van der Waals surface area contributed by atoms with E-state index in [1.807, 2.05) is 0 Å². The van der Waals surface area contributed by atoms with Crippen LogP contribution in [0.1, 0.15) is 6.92 Å². The second-order valence-corrected chi connectivity index (χ2v) is 10.4. The van der Waals surface area contributed by atoms with Crippen LogP contribution in [0.3, 0.4) is 0 Å². The molecule has 0 spiro atoms. The van der Waals surface area contributed by atoms with E-state index in [2.05, 4.69) is 6.58 Å². The number of carbonyl (C=O) groups excluding carboxylic acids is 1. The van der Waals surface area contributed by atoms with Crippen molar-refractivity contribution in [3.05, 3.63) is 12.7 Å². The molecule has 0 aromatic heterocycles. The average Bonchev–Trinajstić information content (AvgIpc) is 1.53. The van der Waals surface area contributed by atoms with Crippen LogP contribution in [0.2, 0.25) is 0 Å². The maximum atomic E-state index is 13.2. The first-order valence-corrected chi connectivity index (χ1v) is 7.12. The van der Waals surface area contributed by atoms with Crippen LogP contribution < -0.4 is 0 Å². The van der Waals surface area contributed by atoms with Crippen LogP contribution in [0.15, 0.2) is 12.7 Å². The number of ketones is 1. The molecule has 0 fully saturated rings. The van der Waals surface area contributed by atoms with Crippen molar-refractivity contribution in [1.29, 1.82) is 0 Å². The summed E-state index contributed by atoms with van der Waals surface area (Å²) in [4.78, 5) is 10.4. The number of rotatable bonds is 4. The van der Waals surface area contributed by atoms with Gasteiger partial charge >= 0.3 is 0 Å². The maximum Gasteiger partial charge on any atom is 0.143 e. The lowest BCUT2D eigenvalue weighted by Crippen LogP contribution is -2.23. The highest BCUT2D eigenvalue weighted by Gasteiger charge is 2.57. The van der Waals surface area contributed by atoms with E-state index in [1.54, 1.807) is 0 Å². The minimum atomic E-state index is -6.71. The van der Waals surface area contributed by atoms with Crippen LogP contribution in [0, 0.1) is 0 Å². The Morgan fingerprint density at radius 2 is 2.00 bits per heavy atom. The molecular formula is C6H12F3OPS. The fraction of sp³-hybridized carbons (Fsp3) is 0.500. The lowest BCUT2D eigenvalue weighted by Gasteiger charge is -2.52. The smallest absolute Gasteiger partial charge is 0.143 e. The zero-order valence-corrected chi connectivity index (χ0v) is 8.70. The summed E-state index contributed by atoms with van der Waals surface area (Å²) in [6, 6.07) is 0. The van der Waals surface area contributed by atoms with Crippen molar-refractivity contribution < 1.29 is 16.5 Å². The van der Waals surface area contributed by atoms with E-state index in [9.17, 15) is 16.5 Å². The Bertz CT molecular complexity index is 230. The van der Waals surface area contributed by atoms with E-state index < -0.39 is 26.4 Å². The Labute approximate surface area is 71.5 Å². The first kappa shape index (κ1) is 12.0. The van der Waals surface area contributed by atoms with Crippen LogP contribution in [0.4, 0.5) is 11.7 Å². The highest BCUT2D eigenvalue weighted by molar-refractivity contribution is 8.84. The van der Waals surface area contributed by atoms with Crippen molar-refractivity contribution in [3.63, 3.8) is 0 Å². The molecule has 0 aromatic carbocycles. The Morgan fingerprint density at radius 3 is 2.25 bits per heavy atom.